The monoisotopic (exact) mass is 477 g/mol. The molecule has 0 atom stereocenters. The molecule has 10 nitrogen and oxygen atoms in total. The van der Waals surface area contributed by atoms with Gasteiger partial charge in [-0.3, -0.25) is 14.3 Å². The van der Waals surface area contributed by atoms with Crippen LogP contribution in [0.5, 0.6) is 0 Å². The van der Waals surface area contributed by atoms with Crippen LogP contribution in [0.25, 0.3) is 5.65 Å². The molecule has 4 heterocycles. The van der Waals surface area contributed by atoms with Crippen LogP contribution in [0.2, 0.25) is 0 Å². The molecule has 1 aliphatic heterocycles. The van der Waals surface area contributed by atoms with Crippen LogP contribution in [0.3, 0.4) is 0 Å². The Bertz CT molecular complexity index is 1260. The van der Waals surface area contributed by atoms with Crippen molar-refractivity contribution in [3.05, 3.63) is 41.1 Å². The number of carbonyl (C=O) groups excluding carboxylic acids is 2. The average molecular weight is 477 g/mol. The van der Waals surface area contributed by atoms with Crippen LogP contribution in [-0.4, -0.2) is 67.4 Å². The maximum absolute atomic E-state index is 13.6. The van der Waals surface area contributed by atoms with Gasteiger partial charge >= 0.3 is 6.18 Å². The Labute approximate surface area is 191 Å². The lowest BCUT2D eigenvalue weighted by atomic mass is 10.2. The molecule has 0 bridgehead atoms. The first-order chi connectivity index (χ1) is 16.3. The summed E-state index contributed by atoms with van der Waals surface area (Å²) in [5.74, 6) is -1.10. The second-order valence-electron chi connectivity index (χ2n) is 8.21. The van der Waals surface area contributed by atoms with Gasteiger partial charge in [0, 0.05) is 31.2 Å². The quantitative estimate of drug-likeness (QED) is 0.606. The molecule has 5 rings (SSSR count). The van der Waals surface area contributed by atoms with Crippen LogP contribution in [0.4, 0.5) is 18.9 Å². The number of aromatic nitrogens is 5. The number of hydrogen-bond donors (Lipinski definition) is 1. The van der Waals surface area contributed by atoms with Crippen LogP contribution < -0.4 is 5.32 Å². The lowest BCUT2D eigenvalue weighted by Crippen LogP contribution is -2.41. The zero-order chi connectivity index (χ0) is 24.0. The number of hydrogen-bond acceptors (Lipinski definition) is 6. The van der Waals surface area contributed by atoms with Crippen molar-refractivity contribution in [1.29, 1.82) is 0 Å². The standard InChI is InChI=1S/C21H22F3N7O3/c1-2-30-17(20(33)29-5-7-34-8-6-29)15(11-25-30)28-19(32)13-10-26-31-16(21(22,23)24)9-14(12-3-4-12)27-18(13)31/h9-12H,2-8H2,1H3,(H,28,32). The molecule has 1 saturated carbocycles. The number of nitrogens with one attached hydrogen (secondary N) is 1. The molecule has 1 saturated heterocycles. The summed E-state index contributed by atoms with van der Waals surface area (Å²) < 4.78 is 48.3. The summed E-state index contributed by atoms with van der Waals surface area (Å²) in [5, 5.41) is 10.6. The molecule has 0 unspecified atom stereocenters. The number of rotatable bonds is 5. The third-order valence-electron chi connectivity index (χ3n) is 5.91. The SMILES string of the molecule is CCn1ncc(NC(=O)c2cnn3c(C(F)(F)F)cc(C4CC4)nc23)c1C(=O)N1CCOCC1. The summed E-state index contributed by atoms with van der Waals surface area (Å²) in [6.45, 7) is 3.83. The van der Waals surface area contributed by atoms with Gasteiger partial charge in [-0.05, 0) is 25.8 Å². The second-order valence-corrected chi connectivity index (χ2v) is 8.21. The van der Waals surface area contributed by atoms with Crippen LogP contribution in [0.15, 0.2) is 18.5 Å². The van der Waals surface area contributed by atoms with Crippen LogP contribution in [0, 0.1) is 0 Å². The molecule has 0 spiro atoms. The highest BCUT2D eigenvalue weighted by Gasteiger charge is 2.38. The molecule has 13 heteroatoms. The molecule has 34 heavy (non-hydrogen) atoms. The number of alkyl halides is 3. The number of amides is 2. The predicted octanol–water partition coefficient (Wildman–Crippen LogP) is 2.57. The van der Waals surface area contributed by atoms with Gasteiger partial charge in [0.2, 0.25) is 0 Å². The van der Waals surface area contributed by atoms with E-state index < -0.39 is 17.8 Å². The largest absolute Gasteiger partial charge is 0.433 e. The summed E-state index contributed by atoms with van der Waals surface area (Å²) >= 11 is 0. The zero-order valence-electron chi connectivity index (χ0n) is 18.3. The number of anilines is 1. The number of halogens is 3. The van der Waals surface area contributed by atoms with E-state index in [2.05, 4.69) is 20.5 Å². The molecule has 2 aliphatic rings. The Morgan fingerprint density at radius 1 is 1.18 bits per heavy atom. The normalized spacial score (nSPS) is 16.8. The van der Waals surface area contributed by atoms with Gasteiger partial charge in [-0.2, -0.15) is 23.4 Å². The minimum atomic E-state index is -4.66. The van der Waals surface area contributed by atoms with Crippen molar-refractivity contribution in [2.75, 3.05) is 31.6 Å². The number of ether oxygens (including phenoxy) is 1. The zero-order valence-corrected chi connectivity index (χ0v) is 18.3. The molecule has 1 N–H and O–H groups in total. The first kappa shape index (κ1) is 22.3. The van der Waals surface area contributed by atoms with E-state index in [9.17, 15) is 22.8 Å². The molecule has 2 amide bonds. The van der Waals surface area contributed by atoms with Gasteiger partial charge in [0.25, 0.3) is 11.8 Å². The Hall–Kier alpha value is -3.48. The third kappa shape index (κ3) is 4.00. The van der Waals surface area contributed by atoms with E-state index in [1.165, 1.54) is 10.9 Å². The molecule has 1 aliphatic carbocycles. The summed E-state index contributed by atoms with van der Waals surface area (Å²) in [7, 11) is 0. The minimum Gasteiger partial charge on any atom is -0.378 e. The van der Waals surface area contributed by atoms with Crippen molar-refractivity contribution in [3.8, 4) is 0 Å². The van der Waals surface area contributed by atoms with E-state index in [1.54, 1.807) is 4.90 Å². The van der Waals surface area contributed by atoms with Crippen molar-refractivity contribution < 1.29 is 27.5 Å². The number of nitrogens with zero attached hydrogens (tertiary/aromatic N) is 6. The Morgan fingerprint density at radius 2 is 1.91 bits per heavy atom. The summed E-state index contributed by atoms with van der Waals surface area (Å²) in [5.41, 5.74) is -0.647. The molecule has 3 aromatic rings. The lowest BCUT2D eigenvalue weighted by molar-refractivity contribution is -0.142. The molecular weight excluding hydrogens is 455 g/mol. The second kappa shape index (κ2) is 8.38. The summed E-state index contributed by atoms with van der Waals surface area (Å²) in [4.78, 5) is 32.2. The van der Waals surface area contributed by atoms with E-state index in [0.717, 1.165) is 25.1 Å². The van der Waals surface area contributed by atoms with Gasteiger partial charge in [-0.1, -0.05) is 0 Å². The van der Waals surface area contributed by atoms with Gasteiger partial charge in [0.15, 0.2) is 5.65 Å². The minimum absolute atomic E-state index is 0.0579. The van der Waals surface area contributed by atoms with Crippen molar-refractivity contribution in [3.63, 3.8) is 0 Å². The Morgan fingerprint density at radius 3 is 2.56 bits per heavy atom. The molecule has 3 aromatic heterocycles. The van der Waals surface area contributed by atoms with Crippen LogP contribution >= 0.6 is 0 Å². The fraction of sp³-hybridized carbons (Fsp3) is 0.476. The van der Waals surface area contributed by atoms with Crippen LogP contribution in [-0.2, 0) is 17.5 Å². The predicted molar refractivity (Wildman–Crippen MR) is 113 cm³/mol. The highest BCUT2D eigenvalue weighted by Crippen LogP contribution is 2.41. The van der Waals surface area contributed by atoms with Crippen molar-refractivity contribution in [2.45, 2.75) is 38.4 Å². The fourth-order valence-corrected chi connectivity index (χ4v) is 3.98. The highest BCUT2D eigenvalue weighted by molar-refractivity contribution is 6.11. The van der Waals surface area contributed by atoms with Gasteiger partial charge in [0.05, 0.1) is 31.3 Å². The number of fused-ring (bicyclic) bond motifs is 1. The first-order valence-electron chi connectivity index (χ1n) is 11.0. The molecule has 2 fully saturated rings. The third-order valence-corrected chi connectivity index (χ3v) is 5.91. The fourth-order valence-electron chi connectivity index (χ4n) is 3.98. The van der Waals surface area contributed by atoms with Crippen molar-refractivity contribution in [2.24, 2.45) is 0 Å². The molecular formula is C21H22F3N7O3. The van der Waals surface area contributed by atoms with E-state index in [0.29, 0.717) is 37.4 Å². The number of aryl methyl sites for hydroxylation is 1. The molecule has 0 radical (unpaired) electrons. The number of morpholine rings is 1. The Balaban J connectivity index is 1.50. The first-order valence-corrected chi connectivity index (χ1v) is 11.0. The van der Waals surface area contributed by atoms with E-state index in [-0.39, 0.29) is 40.1 Å². The van der Waals surface area contributed by atoms with E-state index in [1.807, 2.05) is 6.92 Å². The smallest absolute Gasteiger partial charge is 0.378 e. The molecule has 180 valence electrons. The van der Waals surface area contributed by atoms with Gasteiger partial charge in [-0.15, -0.1) is 0 Å². The Kier molecular flexibility index (Phi) is 5.50. The average Bonchev–Trinajstić information content (AvgIpc) is 3.46. The maximum Gasteiger partial charge on any atom is 0.433 e. The van der Waals surface area contributed by atoms with E-state index in [4.69, 9.17) is 4.74 Å². The maximum atomic E-state index is 13.6. The summed E-state index contributed by atoms with van der Waals surface area (Å²) in [6, 6.07) is 0.990. The van der Waals surface area contributed by atoms with E-state index >= 15 is 0 Å². The molecule has 0 aromatic carbocycles. The van der Waals surface area contributed by atoms with Crippen molar-refractivity contribution in [1.82, 2.24) is 29.3 Å². The van der Waals surface area contributed by atoms with Crippen molar-refractivity contribution >= 4 is 23.1 Å². The van der Waals surface area contributed by atoms with Crippen LogP contribution in [0.1, 0.15) is 57.9 Å². The van der Waals surface area contributed by atoms with Gasteiger partial charge in [0.1, 0.15) is 17.0 Å². The van der Waals surface area contributed by atoms with Gasteiger partial charge < -0.3 is 15.0 Å². The highest BCUT2D eigenvalue weighted by atomic mass is 19.4. The van der Waals surface area contributed by atoms with Gasteiger partial charge in [-0.25, -0.2) is 9.50 Å². The topological polar surface area (TPSA) is 107 Å². The number of carbonyl (C=O) groups is 2. The lowest BCUT2D eigenvalue weighted by Gasteiger charge is -2.27. The summed E-state index contributed by atoms with van der Waals surface area (Å²) in [6.07, 6.45) is -0.758.